The molecule has 0 unspecified atom stereocenters. The third kappa shape index (κ3) is 3.06. The Balaban J connectivity index is 2.13. The highest BCUT2D eigenvalue weighted by Gasteiger charge is 2.29. The SMILES string of the molecule is FC(F)(F)c1ccc(Cc2nc(Br)no2)cc1. The van der Waals surface area contributed by atoms with Crippen LogP contribution in [0.25, 0.3) is 0 Å². The molecule has 0 saturated carbocycles. The summed E-state index contributed by atoms with van der Waals surface area (Å²) in [5.74, 6) is 0.344. The largest absolute Gasteiger partial charge is 0.416 e. The highest BCUT2D eigenvalue weighted by molar-refractivity contribution is 9.10. The lowest BCUT2D eigenvalue weighted by Crippen LogP contribution is -2.04. The lowest BCUT2D eigenvalue weighted by atomic mass is 10.1. The summed E-state index contributed by atoms with van der Waals surface area (Å²) >= 11 is 3.02. The Morgan fingerprint density at radius 2 is 1.82 bits per heavy atom. The van der Waals surface area contributed by atoms with Gasteiger partial charge in [-0.2, -0.15) is 18.2 Å². The zero-order chi connectivity index (χ0) is 12.5. The van der Waals surface area contributed by atoms with E-state index in [1.165, 1.54) is 12.1 Å². The Morgan fingerprint density at radius 3 is 2.29 bits per heavy atom. The third-order valence-electron chi connectivity index (χ3n) is 2.08. The van der Waals surface area contributed by atoms with Crippen LogP contribution < -0.4 is 0 Å². The minimum Gasteiger partial charge on any atom is -0.338 e. The van der Waals surface area contributed by atoms with E-state index in [2.05, 4.69) is 26.1 Å². The molecule has 1 aromatic heterocycles. The molecule has 1 aromatic carbocycles. The maximum absolute atomic E-state index is 12.3. The fourth-order valence-electron chi connectivity index (χ4n) is 1.29. The number of nitrogens with zero attached hydrogens (tertiary/aromatic N) is 2. The van der Waals surface area contributed by atoms with E-state index in [4.69, 9.17) is 4.52 Å². The van der Waals surface area contributed by atoms with Gasteiger partial charge in [-0.3, -0.25) is 0 Å². The molecular weight excluding hydrogens is 301 g/mol. The van der Waals surface area contributed by atoms with E-state index in [9.17, 15) is 13.2 Å². The van der Waals surface area contributed by atoms with E-state index in [0.717, 1.165) is 12.1 Å². The summed E-state index contributed by atoms with van der Waals surface area (Å²) in [4.78, 5) is 3.89. The Labute approximate surface area is 103 Å². The Morgan fingerprint density at radius 1 is 1.18 bits per heavy atom. The number of halogens is 4. The highest BCUT2D eigenvalue weighted by atomic mass is 79.9. The van der Waals surface area contributed by atoms with Gasteiger partial charge in [0.05, 0.1) is 12.0 Å². The van der Waals surface area contributed by atoms with Crippen LogP contribution in [0, 0.1) is 0 Å². The van der Waals surface area contributed by atoms with Crippen molar-refractivity contribution in [1.29, 1.82) is 0 Å². The molecule has 0 fully saturated rings. The molecule has 0 spiro atoms. The van der Waals surface area contributed by atoms with Crippen molar-refractivity contribution in [3.63, 3.8) is 0 Å². The molecule has 17 heavy (non-hydrogen) atoms. The summed E-state index contributed by atoms with van der Waals surface area (Å²) in [6.45, 7) is 0. The molecule has 0 aliphatic carbocycles. The summed E-state index contributed by atoms with van der Waals surface area (Å²) in [6.07, 6.45) is -4.01. The smallest absolute Gasteiger partial charge is 0.338 e. The molecule has 1 heterocycles. The third-order valence-corrected chi connectivity index (χ3v) is 2.40. The zero-order valence-corrected chi connectivity index (χ0v) is 9.92. The summed E-state index contributed by atoms with van der Waals surface area (Å²) in [5, 5.41) is 3.52. The van der Waals surface area contributed by atoms with Crippen LogP contribution in [0.1, 0.15) is 17.0 Å². The van der Waals surface area contributed by atoms with Crippen LogP contribution in [0.4, 0.5) is 13.2 Å². The number of rotatable bonds is 2. The Bertz CT molecular complexity index is 507. The van der Waals surface area contributed by atoms with Crippen molar-refractivity contribution in [3.8, 4) is 0 Å². The number of aromatic nitrogens is 2. The van der Waals surface area contributed by atoms with Crippen molar-refractivity contribution >= 4 is 15.9 Å². The van der Waals surface area contributed by atoms with Crippen LogP contribution in [0.2, 0.25) is 0 Å². The van der Waals surface area contributed by atoms with Gasteiger partial charge in [0.15, 0.2) is 0 Å². The minimum absolute atomic E-state index is 0.302. The summed E-state index contributed by atoms with van der Waals surface area (Å²) in [6, 6.07) is 4.84. The zero-order valence-electron chi connectivity index (χ0n) is 8.33. The number of hydrogen-bond donors (Lipinski definition) is 0. The quantitative estimate of drug-likeness (QED) is 0.853. The monoisotopic (exact) mass is 306 g/mol. The van der Waals surface area contributed by atoms with Gasteiger partial charge in [0.1, 0.15) is 0 Å². The number of hydrogen-bond acceptors (Lipinski definition) is 3. The van der Waals surface area contributed by atoms with Crippen LogP contribution >= 0.6 is 15.9 Å². The van der Waals surface area contributed by atoms with Crippen molar-refractivity contribution in [2.24, 2.45) is 0 Å². The lowest BCUT2D eigenvalue weighted by Gasteiger charge is -2.06. The van der Waals surface area contributed by atoms with Gasteiger partial charge in [-0.05, 0) is 38.8 Å². The summed E-state index contributed by atoms with van der Waals surface area (Å²) < 4.78 is 42.1. The molecule has 7 heteroatoms. The molecule has 0 N–H and O–H groups in total. The molecule has 90 valence electrons. The average Bonchev–Trinajstić information content (AvgIpc) is 2.63. The van der Waals surface area contributed by atoms with Crippen molar-refractivity contribution in [2.45, 2.75) is 12.6 Å². The first-order valence-corrected chi connectivity index (χ1v) is 5.38. The molecular formula is C10H6BrF3N2O. The van der Waals surface area contributed by atoms with E-state index < -0.39 is 11.7 Å². The van der Waals surface area contributed by atoms with Gasteiger partial charge in [0, 0.05) is 0 Å². The second-order valence-corrected chi connectivity index (χ2v) is 4.04. The fraction of sp³-hybridized carbons (Fsp3) is 0.200. The van der Waals surface area contributed by atoms with Crippen molar-refractivity contribution in [2.75, 3.05) is 0 Å². The van der Waals surface area contributed by atoms with Gasteiger partial charge in [0.25, 0.3) is 0 Å². The summed E-state index contributed by atoms with van der Waals surface area (Å²) in [5.41, 5.74) is 0.00195. The second-order valence-electron chi connectivity index (χ2n) is 3.33. The predicted molar refractivity (Wildman–Crippen MR) is 56.2 cm³/mol. The van der Waals surface area contributed by atoms with Crippen molar-refractivity contribution in [3.05, 3.63) is 46.0 Å². The Kier molecular flexibility index (Phi) is 3.19. The molecule has 0 atom stereocenters. The maximum Gasteiger partial charge on any atom is 0.416 e. The van der Waals surface area contributed by atoms with Gasteiger partial charge in [-0.25, -0.2) is 0 Å². The van der Waals surface area contributed by atoms with Gasteiger partial charge in [0.2, 0.25) is 10.6 Å². The number of alkyl halides is 3. The first-order chi connectivity index (χ1) is 7.95. The van der Waals surface area contributed by atoms with Gasteiger partial charge in [-0.15, -0.1) is 0 Å². The summed E-state index contributed by atoms with van der Waals surface area (Å²) in [7, 11) is 0. The molecule has 3 nitrogen and oxygen atoms in total. The molecule has 0 saturated heterocycles. The number of benzene rings is 1. The highest BCUT2D eigenvalue weighted by Crippen LogP contribution is 2.29. The molecule has 0 radical (unpaired) electrons. The molecule has 2 rings (SSSR count). The van der Waals surface area contributed by atoms with E-state index in [1.54, 1.807) is 0 Å². The Hall–Kier alpha value is -1.37. The van der Waals surface area contributed by atoms with Crippen molar-refractivity contribution in [1.82, 2.24) is 10.1 Å². The van der Waals surface area contributed by atoms with Crippen LogP contribution in [-0.4, -0.2) is 10.1 Å². The maximum atomic E-state index is 12.3. The molecule has 2 aromatic rings. The standard InChI is InChI=1S/C10H6BrF3N2O/c11-9-15-8(17-16-9)5-6-1-3-7(4-2-6)10(12,13)14/h1-4H,5H2. The molecule has 0 amide bonds. The average molecular weight is 307 g/mol. The van der Waals surface area contributed by atoms with E-state index in [1.807, 2.05) is 0 Å². The van der Waals surface area contributed by atoms with Crippen LogP contribution in [0.15, 0.2) is 33.5 Å². The van der Waals surface area contributed by atoms with Gasteiger partial charge >= 0.3 is 6.18 Å². The first kappa shape index (κ1) is 12.1. The lowest BCUT2D eigenvalue weighted by molar-refractivity contribution is -0.137. The van der Waals surface area contributed by atoms with Gasteiger partial charge in [-0.1, -0.05) is 12.1 Å². The normalized spacial score (nSPS) is 11.8. The predicted octanol–water partition coefficient (Wildman–Crippen LogP) is 3.44. The van der Waals surface area contributed by atoms with Crippen molar-refractivity contribution < 1.29 is 17.7 Å². The molecule has 0 bridgehead atoms. The van der Waals surface area contributed by atoms with E-state index >= 15 is 0 Å². The first-order valence-electron chi connectivity index (χ1n) is 4.59. The van der Waals surface area contributed by atoms with E-state index in [-0.39, 0.29) is 0 Å². The van der Waals surface area contributed by atoms with E-state index in [0.29, 0.717) is 22.6 Å². The minimum atomic E-state index is -4.31. The topological polar surface area (TPSA) is 38.9 Å². The molecule has 0 aliphatic rings. The molecule has 0 aliphatic heterocycles. The van der Waals surface area contributed by atoms with Crippen LogP contribution in [0.5, 0.6) is 0 Å². The van der Waals surface area contributed by atoms with Crippen LogP contribution in [0.3, 0.4) is 0 Å². The van der Waals surface area contributed by atoms with Crippen LogP contribution in [-0.2, 0) is 12.6 Å². The second kappa shape index (κ2) is 4.48. The fourth-order valence-corrected chi connectivity index (χ4v) is 1.56. The van der Waals surface area contributed by atoms with Gasteiger partial charge < -0.3 is 4.52 Å².